The largest absolute Gasteiger partial charge is 0.534 e. The molecule has 2 heterocycles. The minimum Gasteiger partial charge on any atom is -0.506 e. The fourth-order valence-electron chi connectivity index (χ4n) is 2.40. The maximum absolute atomic E-state index is 12.2. The summed E-state index contributed by atoms with van der Waals surface area (Å²) in [5.41, 5.74) is -4.76. The summed E-state index contributed by atoms with van der Waals surface area (Å²) < 4.78 is 62.4. The summed E-state index contributed by atoms with van der Waals surface area (Å²) in [6.45, 7) is 8.00. The Balaban J connectivity index is 0.000000310. The molecular formula is C23H25F3N2O4S. The molecule has 1 N–H and O–H groups in total. The van der Waals surface area contributed by atoms with Crippen molar-refractivity contribution < 1.29 is 30.9 Å². The van der Waals surface area contributed by atoms with Gasteiger partial charge in [0.15, 0.2) is 5.75 Å². The molecule has 0 spiro atoms. The second-order valence-electron chi connectivity index (χ2n) is 5.67. The predicted molar refractivity (Wildman–Crippen MR) is 123 cm³/mol. The number of alkyl halides is 3. The van der Waals surface area contributed by atoms with Crippen molar-refractivity contribution in [1.82, 2.24) is 9.97 Å². The van der Waals surface area contributed by atoms with Crippen LogP contribution in [0.25, 0.3) is 21.8 Å². The summed E-state index contributed by atoms with van der Waals surface area (Å²) in [5, 5.41) is 10.8. The van der Waals surface area contributed by atoms with Crippen molar-refractivity contribution in [3.63, 3.8) is 0 Å². The van der Waals surface area contributed by atoms with Crippen molar-refractivity contribution in [1.29, 1.82) is 0 Å². The molecule has 10 heteroatoms. The molecule has 33 heavy (non-hydrogen) atoms. The van der Waals surface area contributed by atoms with E-state index in [1.54, 1.807) is 36.5 Å². The van der Waals surface area contributed by atoms with Crippen LogP contribution in [0, 0.1) is 0 Å². The molecule has 178 valence electrons. The van der Waals surface area contributed by atoms with Crippen LogP contribution in [-0.4, -0.2) is 29.0 Å². The molecule has 0 aliphatic rings. The Morgan fingerprint density at radius 3 is 1.73 bits per heavy atom. The minimum atomic E-state index is -5.68. The third kappa shape index (κ3) is 7.31. The van der Waals surface area contributed by atoms with Crippen molar-refractivity contribution >= 4 is 31.9 Å². The Bertz CT molecular complexity index is 1250. The lowest BCUT2D eigenvalue weighted by Gasteiger charge is -2.10. The lowest BCUT2D eigenvalue weighted by atomic mass is 10.2. The highest BCUT2D eigenvalue weighted by molar-refractivity contribution is 7.88. The van der Waals surface area contributed by atoms with E-state index in [1.807, 2.05) is 45.9 Å². The van der Waals surface area contributed by atoms with Crippen LogP contribution in [0.1, 0.15) is 27.7 Å². The van der Waals surface area contributed by atoms with Crippen LogP contribution in [0.2, 0.25) is 0 Å². The molecule has 0 fully saturated rings. The number of phenolic OH excluding ortho intramolecular Hbond substituents is 1. The number of aromatic nitrogens is 2. The summed E-state index contributed by atoms with van der Waals surface area (Å²) in [5.74, 6) is -0.214. The van der Waals surface area contributed by atoms with Gasteiger partial charge in [0, 0.05) is 23.2 Å². The summed E-state index contributed by atoms with van der Waals surface area (Å²) in [6.07, 6.45) is 3.00. The molecule has 0 amide bonds. The Kier molecular flexibility index (Phi) is 10.5. The number of hydrogen-bond acceptors (Lipinski definition) is 6. The van der Waals surface area contributed by atoms with Crippen LogP contribution in [0.15, 0.2) is 73.1 Å². The van der Waals surface area contributed by atoms with Crippen LogP contribution >= 0.6 is 0 Å². The van der Waals surface area contributed by atoms with E-state index in [0.29, 0.717) is 10.9 Å². The number of benzene rings is 2. The zero-order valence-corrected chi connectivity index (χ0v) is 19.4. The standard InChI is InChI=1S/C10H6F3NO3S.C9H7NO.2C2H6/c11-10(12,13)18(15,16)17-8-5-1-3-7-4-2-6-14-9(7)8;11-8-5-1-3-7-4-2-6-10-9(7)8;2*1-2/h1-6H;1-6,11H;2*1-2H3. The zero-order valence-electron chi connectivity index (χ0n) is 18.5. The highest BCUT2D eigenvalue weighted by Gasteiger charge is 2.48. The van der Waals surface area contributed by atoms with Gasteiger partial charge in [0.2, 0.25) is 0 Å². The van der Waals surface area contributed by atoms with Crippen molar-refractivity contribution in [2.75, 3.05) is 0 Å². The summed E-state index contributed by atoms with van der Waals surface area (Å²) >= 11 is 0. The fourth-order valence-corrected chi connectivity index (χ4v) is 2.86. The van der Waals surface area contributed by atoms with Crippen LogP contribution in [0.4, 0.5) is 13.2 Å². The second kappa shape index (κ2) is 12.6. The number of nitrogens with zero attached hydrogens (tertiary/aromatic N) is 2. The number of hydrogen-bond donors (Lipinski definition) is 1. The third-order valence-corrected chi connectivity index (χ3v) is 4.66. The average molecular weight is 483 g/mol. The average Bonchev–Trinajstić information content (AvgIpc) is 2.82. The van der Waals surface area contributed by atoms with Gasteiger partial charge in [-0.05, 0) is 24.3 Å². The number of rotatable bonds is 2. The van der Waals surface area contributed by atoms with Gasteiger partial charge in [-0.25, -0.2) is 0 Å². The fraction of sp³-hybridized carbons (Fsp3) is 0.217. The van der Waals surface area contributed by atoms with E-state index in [-0.39, 0.29) is 11.3 Å². The number of pyridine rings is 2. The van der Waals surface area contributed by atoms with Gasteiger partial charge in [-0.15, -0.1) is 0 Å². The first-order chi connectivity index (χ1) is 15.7. The van der Waals surface area contributed by atoms with Crippen molar-refractivity contribution in [3.8, 4) is 11.5 Å². The number of phenols is 1. The molecule has 0 bridgehead atoms. The molecule has 0 saturated heterocycles. The predicted octanol–water partition coefficient (Wildman–Crippen LogP) is 6.46. The molecule has 0 unspecified atom stereocenters. The Hall–Kier alpha value is -3.40. The van der Waals surface area contributed by atoms with E-state index in [4.69, 9.17) is 0 Å². The number of para-hydroxylation sites is 2. The summed E-state index contributed by atoms with van der Waals surface area (Å²) in [6, 6.07) is 16.3. The normalized spacial score (nSPS) is 10.6. The molecule has 0 aliphatic carbocycles. The van der Waals surface area contributed by atoms with Gasteiger partial charge in [0.1, 0.15) is 16.8 Å². The molecule has 0 atom stereocenters. The molecule has 4 rings (SSSR count). The molecule has 2 aromatic heterocycles. The lowest BCUT2D eigenvalue weighted by molar-refractivity contribution is -0.0499. The van der Waals surface area contributed by atoms with Crippen LogP contribution in [0.3, 0.4) is 0 Å². The first kappa shape index (κ1) is 27.6. The van der Waals surface area contributed by atoms with Crippen LogP contribution < -0.4 is 4.18 Å². The lowest BCUT2D eigenvalue weighted by Crippen LogP contribution is -2.28. The van der Waals surface area contributed by atoms with E-state index >= 15 is 0 Å². The van der Waals surface area contributed by atoms with Gasteiger partial charge in [0.05, 0.1) is 0 Å². The highest BCUT2D eigenvalue weighted by Crippen LogP contribution is 2.30. The Labute approximate surface area is 190 Å². The van der Waals surface area contributed by atoms with E-state index in [0.717, 1.165) is 11.5 Å². The van der Waals surface area contributed by atoms with Crippen molar-refractivity contribution in [3.05, 3.63) is 73.1 Å². The minimum absolute atomic E-state index is 0.0489. The maximum atomic E-state index is 12.2. The quantitative estimate of drug-likeness (QED) is 0.261. The van der Waals surface area contributed by atoms with E-state index in [2.05, 4.69) is 14.2 Å². The van der Waals surface area contributed by atoms with Gasteiger partial charge < -0.3 is 9.29 Å². The third-order valence-electron chi connectivity index (χ3n) is 3.69. The van der Waals surface area contributed by atoms with Crippen molar-refractivity contribution in [2.45, 2.75) is 33.2 Å². The first-order valence-electron chi connectivity index (χ1n) is 10.1. The van der Waals surface area contributed by atoms with Crippen LogP contribution in [-0.2, 0) is 10.1 Å². The second-order valence-corrected chi connectivity index (χ2v) is 7.20. The van der Waals surface area contributed by atoms with Crippen LogP contribution in [0.5, 0.6) is 11.5 Å². The van der Waals surface area contributed by atoms with Gasteiger partial charge in [-0.1, -0.05) is 64.1 Å². The Morgan fingerprint density at radius 1 is 0.758 bits per heavy atom. The monoisotopic (exact) mass is 482 g/mol. The number of fused-ring (bicyclic) bond motifs is 2. The summed E-state index contributed by atoms with van der Waals surface area (Å²) in [7, 11) is -5.68. The molecule has 4 aromatic rings. The van der Waals surface area contributed by atoms with Gasteiger partial charge >= 0.3 is 15.6 Å². The maximum Gasteiger partial charge on any atom is 0.534 e. The smallest absolute Gasteiger partial charge is 0.506 e. The van der Waals surface area contributed by atoms with E-state index in [9.17, 15) is 26.7 Å². The summed E-state index contributed by atoms with van der Waals surface area (Å²) in [4.78, 5) is 7.82. The van der Waals surface area contributed by atoms with Gasteiger partial charge in [0.25, 0.3) is 0 Å². The van der Waals surface area contributed by atoms with E-state index in [1.165, 1.54) is 12.3 Å². The molecule has 0 radical (unpaired) electrons. The molecule has 0 aliphatic heterocycles. The number of aromatic hydroxyl groups is 1. The number of halogens is 3. The molecule has 6 nitrogen and oxygen atoms in total. The first-order valence-corrected chi connectivity index (χ1v) is 11.5. The van der Waals surface area contributed by atoms with Gasteiger partial charge in [-0.3, -0.25) is 9.97 Å². The SMILES string of the molecule is CC.CC.O=S(=O)(Oc1cccc2cccnc12)C(F)(F)F.Oc1cccc2cccnc12. The van der Waals surface area contributed by atoms with Crippen molar-refractivity contribution in [2.24, 2.45) is 0 Å². The highest BCUT2D eigenvalue weighted by atomic mass is 32.2. The van der Waals surface area contributed by atoms with E-state index < -0.39 is 21.4 Å². The van der Waals surface area contributed by atoms with Gasteiger partial charge in [-0.2, -0.15) is 21.6 Å². The topological polar surface area (TPSA) is 89.4 Å². The Morgan fingerprint density at radius 2 is 1.21 bits per heavy atom. The molecule has 0 saturated carbocycles. The zero-order chi connectivity index (χ0) is 25.1. The molecule has 2 aromatic carbocycles. The molecular weight excluding hydrogens is 457 g/mol.